The molecule has 2 aromatic rings. The SMILES string of the molecule is CCOC(=O)CO[C@H]1/C=C\CC[C@@H](CC(=O)OC)S(=O)(=O)NC(=O)c2ccc3c(c2)N(C[C@@H]2CC[C@H]21)C[C@@]1(CCCc2cc(Cl)ccc21)CO3. The monoisotopic (exact) mass is 728 g/mol. The lowest BCUT2D eigenvalue weighted by atomic mass is 9.68. The number of hydrogen-bond donors (Lipinski definition) is 1. The molecule has 6 rings (SSSR count). The molecule has 0 unspecified atom stereocenters. The van der Waals surface area contributed by atoms with Crippen molar-refractivity contribution in [2.45, 2.75) is 75.1 Å². The van der Waals surface area contributed by atoms with Gasteiger partial charge in [0.2, 0.25) is 10.0 Å². The number of nitrogens with zero attached hydrogens (tertiary/aromatic N) is 1. The number of allylic oxidation sites excluding steroid dienone is 1. The van der Waals surface area contributed by atoms with Crippen LogP contribution in [0, 0.1) is 11.8 Å². The zero-order valence-electron chi connectivity index (χ0n) is 28.5. The Labute approximate surface area is 298 Å². The smallest absolute Gasteiger partial charge is 0.332 e. The van der Waals surface area contributed by atoms with Crippen LogP contribution in [0.25, 0.3) is 0 Å². The zero-order valence-corrected chi connectivity index (χ0v) is 30.1. The molecule has 0 radical (unpaired) electrons. The van der Waals surface area contributed by atoms with E-state index in [0.717, 1.165) is 32.1 Å². The second kappa shape index (κ2) is 15.3. The molecule has 13 heteroatoms. The number of rotatable bonds is 6. The van der Waals surface area contributed by atoms with Gasteiger partial charge in [0.15, 0.2) is 0 Å². The summed E-state index contributed by atoms with van der Waals surface area (Å²) >= 11 is 6.42. The molecule has 11 nitrogen and oxygen atoms in total. The number of methoxy groups -OCH3 is 1. The minimum Gasteiger partial charge on any atom is -0.490 e. The van der Waals surface area contributed by atoms with E-state index in [9.17, 15) is 22.8 Å². The van der Waals surface area contributed by atoms with Crippen LogP contribution in [0.4, 0.5) is 5.69 Å². The number of fused-ring (bicyclic) bond motifs is 4. The maximum absolute atomic E-state index is 13.6. The Bertz CT molecular complexity index is 1750. The summed E-state index contributed by atoms with van der Waals surface area (Å²) in [5.41, 5.74) is 2.94. The Morgan fingerprint density at radius 2 is 1.96 bits per heavy atom. The molecule has 50 heavy (non-hydrogen) atoms. The first kappa shape index (κ1) is 36.2. The quantitative estimate of drug-likeness (QED) is 0.315. The average molecular weight is 729 g/mol. The lowest BCUT2D eigenvalue weighted by Crippen LogP contribution is -2.49. The second-order valence-electron chi connectivity index (χ2n) is 13.8. The summed E-state index contributed by atoms with van der Waals surface area (Å²) in [6, 6.07) is 11.1. The lowest BCUT2D eigenvalue weighted by Gasteiger charge is -2.46. The lowest BCUT2D eigenvalue weighted by molar-refractivity contribution is -0.151. The van der Waals surface area contributed by atoms with E-state index in [2.05, 4.69) is 15.7 Å². The number of amides is 1. The van der Waals surface area contributed by atoms with Crippen LogP contribution in [0.15, 0.2) is 48.6 Å². The minimum absolute atomic E-state index is 0.0630. The first-order chi connectivity index (χ1) is 24.0. The molecule has 2 aromatic carbocycles. The molecule has 2 heterocycles. The van der Waals surface area contributed by atoms with Gasteiger partial charge in [-0.3, -0.25) is 9.59 Å². The molecule has 2 aliphatic carbocycles. The molecule has 1 fully saturated rings. The third-order valence-corrected chi connectivity index (χ3v) is 12.6. The Balaban J connectivity index is 1.40. The van der Waals surface area contributed by atoms with E-state index in [1.165, 1.54) is 18.2 Å². The molecule has 1 N–H and O–H groups in total. The number of anilines is 1. The van der Waals surface area contributed by atoms with Crippen molar-refractivity contribution in [1.29, 1.82) is 0 Å². The van der Waals surface area contributed by atoms with E-state index in [-0.39, 0.29) is 42.4 Å². The maximum Gasteiger partial charge on any atom is 0.332 e. The molecule has 0 aromatic heterocycles. The topological polar surface area (TPSA) is 138 Å². The van der Waals surface area contributed by atoms with Crippen LogP contribution >= 0.6 is 11.6 Å². The summed E-state index contributed by atoms with van der Waals surface area (Å²) in [6.07, 6.45) is 7.88. The van der Waals surface area contributed by atoms with E-state index in [1.807, 2.05) is 24.3 Å². The number of nitrogens with one attached hydrogen (secondary N) is 1. The molecular weight excluding hydrogens is 684 g/mol. The highest BCUT2D eigenvalue weighted by Gasteiger charge is 2.45. The van der Waals surface area contributed by atoms with E-state index in [4.69, 9.17) is 30.5 Å². The summed E-state index contributed by atoms with van der Waals surface area (Å²) in [7, 11) is -3.09. The van der Waals surface area contributed by atoms with Gasteiger partial charge in [0.05, 0.1) is 43.8 Å². The van der Waals surface area contributed by atoms with Gasteiger partial charge < -0.3 is 23.8 Å². The summed E-state index contributed by atoms with van der Waals surface area (Å²) in [5.74, 6) is -1.05. The molecule has 1 saturated carbocycles. The number of carbonyl (C=O) groups is 3. The number of benzene rings is 2. The van der Waals surface area contributed by atoms with Crippen LogP contribution < -0.4 is 14.4 Å². The van der Waals surface area contributed by atoms with E-state index in [1.54, 1.807) is 25.1 Å². The van der Waals surface area contributed by atoms with Crippen molar-refractivity contribution in [2.24, 2.45) is 11.8 Å². The van der Waals surface area contributed by atoms with Crippen molar-refractivity contribution in [3.63, 3.8) is 0 Å². The third kappa shape index (κ3) is 7.82. The molecule has 5 atom stereocenters. The Hall–Kier alpha value is -3.61. The van der Waals surface area contributed by atoms with Crippen molar-refractivity contribution >= 4 is 45.2 Å². The van der Waals surface area contributed by atoms with Gasteiger partial charge in [-0.25, -0.2) is 17.9 Å². The Morgan fingerprint density at radius 1 is 1.12 bits per heavy atom. The van der Waals surface area contributed by atoms with Crippen molar-refractivity contribution in [3.05, 3.63) is 70.3 Å². The Kier molecular flexibility index (Phi) is 11.1. The molecule has 270 valence electrons. The van der Waals surface area contributed by atoms with Gasteiger partial charge >= 0.3 is 11.9 Å². The van der Waals surface area contributed by atoms with E-state index in [0.29, 0.717) is 42.6 Å². The molecule has 4 aliphatic rings. The molecule has 0 saturated heterocycles. The standard InChI is InChI=1S/C37H45ClN2O9S/c1-3-47-35(42)21-48-32-9-5-4-8-28(19-34(41)46-2)50(44,45)39-36(43)25-11-15-33-31(18-25)40(20-26-10-13-29(26)32)22-37(23-49-33)16-6-7-24-17-27(38)12-14-30(24)37/h5,9,11-12,14-15,17-18,26,28-29,32H,3-4,6-8,10,13,16,19-23H2,1-2H3,(H,39,43)/b9-5-/t26-,28-,29+,32-,37-/m0/s1. The fourth-order valence-electron chi connectivity index (χ4n) is 7.90. The summed E-state index contributed by atoms with van der Waals surface area (Å²) in [5, 5.41) is -0.519. The van der Waals surface area contributed by atoms with Crippen molar-refractivity contribution in [3.8, 4) is 5.75 Å². The summed E-state index contributed by atoms with van der Waals surface area (Å²) < 4.78 is 52.0. The van der Waals surface area contributed by atoms with Gasteiger partial charge in [-0.2, -0.15) is 0 Å². The largest absolute Gasteiger partial charge is 0.490 e. The second-order valence-corrected chi connectivity index (χ2v) is 16.2. The van der Waals surface area contributed by atoms with Gasteiger partial charge in [-0.05, 0) is 105 Å². The molecular formula is C37H45ClN2O9S. The number of ether oxygens (including phenoxy) is 4. The third-order valence-electron chi connectivity index (χ3n) is 10.6. The number of sulfonamides is 1. The van der Waals surface area contributed by atoms with E-state index < -0.39 is 45.6 Å². The van der Waals surface area contributed by atoms with Crippen LogP contribution in [0.1, 0.15) is 73.4 Å². The molecule has 1 spiro atoms. The summed E-state index contributed by atoms with van der Waals surface area (Å²) in [6.45, 7) is 3.48. The highest BCUT2D eigenvalue weighted by molar-refractivity contribution is 7.90. The van der Waals surface area contributed by atoms with Crippen LogP contribution in [0.5, 0.6) is 5.75 Å². The fourth-order valence-corrected chi connectivity index (χ4v) is 9.44. The van der Waals surface area contributed by atoms with Gasteiger partial charge in [-0.1, -0.05) is 29.8 Å². The first-order valence-corrected chi connectivity index (χ1v) is 19.3. The Morgan fingerprint density at radius 3 is 2.72 bits per heavy atom. The number of aryl methyl sites for hydroxylation is 1. The normalized spacial score (nSPS) is 28.1. The van der Waals surface area contributed by atoms with Gasteiger partial charge in [0, 0.05) is 29.1 Å². The number of halogens is 1. The zero-order chi connectivity index (χ0) is 35.5. The van der Waals surface area contributed by atoms with Crippen molar-refractivity contribution < 1.29 is 41.7 Å². The molecule has 1 amide bonds. The van der Waals surface area contributed by atoms with Gasteiger partial charge in [0.1, 0.15) is 12.4 Å². The van der Waals surface area contributed by atoms with Crippen LogP contribution in [-0.2, 0) is 45.7 Å². The molecule has 2 bridgehead atoms. The maximum atomic E-state index is 13.6. The average Bonchev–Trinajstić information content (AvgIpc) is 3.22. The van der Waals surface area contributed by atoms with E-state index >= 15 is 0 Å². The first-order valence-electron chi connectivity index (χ1n) is 17.4. The number of esters is 2. The van der Waals surface area contributed by atoms with Crippen molar-refractivity contribution in [2.75, 3.05) is 44.9 Å². The predicted octanol–water partition coefficient (Wildman–Crippen LogP) is 5.13. The van der Waals surface area contributed by atoms with Crippen molar-refractivity contribution in [1.82, 2.24) is 4.72 Å². The van der Waals surface area contributed by atoms with Crippen LogP contribution in [-0.4, -0.2) is 77.6 Å². The fraction of sp³-hybridized carbons (Fsp3) is 0.541. The number of carbonyl (C=O) groups excluding carboxylic acids is 3. The van der Waals surface area contributed by atoms with Crippen LogP contribution in [0.2, 0.25) is 5.02 Å². The van der Waals surface area contributed by atoms with Crippen LogP contribution in [0.3, 0.4) is 0 Å². The predicted molar refractivity (Wildman–Crippen MR) is 188 cm³/mol. The highest BCUT2D eigenvalue weighted by Crippen LogP contribution is 2.47. The number of hydrogen-bond acceptors (Lipinski definition) is 10. The van der Waals surface area contributed by atoms with Gasteiger partial charge in [-0.15, -0.1) is 0 Å². The highest BCUT2D eigenvalue weighted by atomic mass is 35.5. The summed E-state index contributed by atoms with van der Waals surface area (Å²) in [4.78, 5) is 40.4. The minimum atomic E-state index is -4.29. The molecule has 2 aliphatic heterocycles. The van der Waals surface area contributed by atoms with Gasteiger partial charge in [0.25, 0.3) is 5.91 Å².